The first-order valence-corrected chi connectivity index (χ1v) is 9.71. The van der Waals surface area contributed by atoms with E-state index >= 15 is 0 Å². The van der Waals surface area contributed by atoms with E-state index in [0.29, 0.717) is 17.8 Å². The average molecular weight is 366 g/mol. The molecule has 1 aliphatic rings. The Kier molecular flexibility index (Phi) is 5.27. The lowest BCUT2D eigenvalue weighted by Gasteiger charge is -2.50. The molecule has 3 rings (SSSR count). The van der Waals surface area contributed by atoms with Crippen LogP contribution in [0.1, 0.15) is 63.6 Å². The first-order chi connectivity index (χ1) is 12.7. The number of hydrogen-bond acceptors (Lipinski definition) is 4. The van der Waals surface area contributed by atoms with Gasteiger partial charge in [-0.2, -0.15) is 0 Å². The molecule has 0 fully saturated rings. The average Bonchev–Trinajstić information content (AvgIpc) is 2.59. The molecule has 1 aromatic heterocycles. The standard InChI is InChI=1S/C23H31N3O/c1-15(2)26-21-10-16(3)18(11-20(21)17(4)12-23(26,5)6)13-24-19-8-9-22(27-7)25-14-19/h8-11,13-15,17H,12H2,1-7H3. The Balaban J connectivity index is 1.98. The van der Waals surface area contributed by atoms with Crippen molar-refractivity contribution in [1.29, 1.82) is 0 Å². The normalized spacial score (nSPS) is 18.8. The smallest absolute Gasteiger partial charge is 0.213 e. The van der Waals surface area contributed by atoms with Gasteiger partial charge in [-0.05, 0) is 81.8 Å². The minimum atomic E-state index is 0.164. The summed E-state index contributed by atoms with van der Waals surface area (Å²) < 4.78 is 5.10. The molecule has 4 nitrogen and oxygen atoms in total. The van der Waals surface area contributed by atoms with Crippen molar-refractivity contribution in [3.05, 3.63) is 47.2 Å². The van der Waals surface area contributed by atoms with Gasteiger partial charge >= 0.3 is 0 Å². The van der Waals surface area contributed by atoms with Crippen LogP contribution in [0.15, 0.2) is 35.5 Å². The van der Waals surface area contributed by atoms with Crippen LogP contribution in [0.25, 0.3) is 0 Å². The molecule has 4 heteroatoms. The maximum absolute atomic E-state index is 5.10. The zero-order valence-corrected chi connectivity index (χ0v) is 17.6. The fourth-order valence-electron chi connectivity index (χ4n) is 4.44. The van der Waals surface area contributed by atoms with Crippen LogP contribution < -0.4 is 9.64 Å². The van der Waals surface area contributed by atoms with Gasteiger partial charge in [-0.15, -0.1) is 0 Å². The maximum Gasteiger partial charge on any atom is 0.213 e. The lowest BCUT2D eigenvalue weighted by atomic mass is 9.78. The van der Waals surface area contributed by atoms with E-state index in [2.05, 4.69) is 68.6 Å². The number of methoxy groups -OCH3 is 1. The second-order valence-corrected chi connectivity index (χ2v) is 8.47. The molecule has 0 aliphatic carbocycles. The summed E-state index contributed by atoms with van der Waals surface area (Å²) in [5.41, 5.74) is 6.19. The summed E-state index contributed by atoms with van der Waals surface area (Å²) in [4.78, 5) is 11.4. The minimum absolute atomic E-state index is 0.164. The number of anilines is 1. The van der Waals surface area contributed by atoms with Crippen LogP contribution in [-0.2, 0) is 0 Å². The van der Waals surface area contributed by atoms with E-state index in [1.54, 1.807) is 13.3 Å². The number of aryl methyl sites for hydroxylation is 1. The van der Waals surface area contributed by atoms with Crippen molar-refractivity contribution in [3.8, 4) is 5.88 Å². The summed E-state index contributed by atoms with van der Waals surface area (Å²) in [7, 11) is 1.62. The summed E-state index contributed by atoms with van der Waals surface area (Å²) in [5.74, 6) is 1.13. The van der Waals surface area contributed by atoms with Gasteiger partial charge in [0.25, 0.3) is 0 Å². The van der Waals surface area contributed by atoms with Gasteiger partial charge in [-0.1, -0.05) is 6.92 Å². The van der Waals surface area contributed by atoms with E-state index in [1.807, 2.05) is 18.3 Å². The van der Waals surface area contributed by atoms with Crippen LogP contribution >= 0.6 is 0 Å². The molecule has 0 amide bonds. The lowest BCUT2D eigenvalue weighted by Crippen LogP contribution is -2.51. The molecule has 144 valence electrons. The Morgan fingerprint density at radius 3 is 2.63 bits per heavy atom. The fourth-order valence-corrected chi connectivity index (χ4v) is 4.44. The predicted molar refractivity (Wildman–Crippen MR) is 114 cm³/mol. The molecule has 0 spiro atoms. The third-order valence-corrected chi connectivity index (χ3v) is 5.46. The van der Waals surface area contributed by atoms with Crippen molar-refractivity contribution < 1.29 is 4.74 Å². The first-order valence-electron chi connectivity index (χ1n) is 9.71. The molecule has 1 aromatic carbocycles. The van der Waals surface area contributed by atoms with E-state index < -0.39 is 0 Å². The topological polar surface area (TPSA) is 37.7 Å². The van der Waals surface area contributed by atoms with E-state index in [1.165, 1.54) is 22.4 Å². The molecule has 0 N–H and O–H groups in total. The molecular weight excluding hydrogens is 334 g/mol. The lowest BCUT2D eigenvalue weighted by molar-refractivity contribution is 0.356. The van der Waals surface area contributed by atoms with E-state index in [0.717, 1.165) is 12.1 Å². The predicted octanol–water partition coefficient (Wildman–Crippen LogP) is 5.65. The van der Waals surface area contributed by atoms with Gasteiger partial charge in [0.2, 0.25) is 5.88 Å². The highest BCUT2D eigenvalue weighted by Gasteiger charge is 2.37. The van der Waals surface area contributed by atoms with Gasteiger partial charge in [0, 0.05) is 29.5 Å². The quantitative estimate of drug-likeness (QED) is 0.657. The number of fused-ring (bicyclic) bond motifs is 1. The third kappa shape index (κ3) is 3.85. The highest BCUT2D eigenvalue weighted by Crippen LogP contribution is 2.45. The third-order valence-electron chi connectivity index (χ3n) is 5.46. The highest BCUT2D eigenvalue weighted by molar-refractivity contribution is 5.86. The number of benzene rings is 1. The van der Waals surface area contributed by atoms with Gasteiger partial charge in [-0.25, -0.2) is 4.98 Å². The van der Waals surface area contributed by atoms with Crippen LogP contribution in [0.3, 0.4) is 0 Å². The Hall–Kier alpha value is -2.36. The second-order valence-electron chi connectivity index (χ2n) is 8.47. The number of nitrogens with zero attached hydrogens (tertiary/aromatic N) is 3. The van der Waals surface area contributed by atoms with Crippen molar-refractivity contribution in [2.75, 3.05) is 12.0 Å². The summed E-state index contributed by atoms with van der Waals surface area (Å²) >= 11 is 0. The summed E-state index contributed by atoms with van der Waals surface area (Å²) in [6.45, 7) is 13.8. The SMILES string of the molecule is COc1ccc(N=Cc2cc3c(cc2C)N(C(C)C)C(C)(C)CC3C)cn1. The number of hydrogen-bond donors (Lipinski definition) is 0. The minimum Gasteiger partial charge on any atom is -0.481 e. The molecular formula is C23H31N3O. The van der Waals surface area contributed by atoms with Crippen LogP contribution in [0.2, 0.25) is 0 Å². The Morgan fingerprint density at radius 2 is 2.04 bits per heavy atom. The van der Waals surface area contributed by atoms with Crippen molar-refractivity contribution in [2.45, 2.75) is 65.5 Å². The molecule has 1 atom stereocenters. The number of aromatic nitrogens is 1. The van der Waals surface area contributed by atoms with Crippen molar-refractivity contribution in [1.82, 2.24) is 4.98 Å². The Morgan fingerprint density at radius 1 is 1.30 bits per heavy atom. The molecule has 0 saturated heterocycles. The van der Waals surface area contributed by atoms with E-state index in [9.17, 15) is 0 Å². The Bertz CT molecular complexity index is 837. The van der Waals surface area contributed by atoms with E-state index in [-0.39, 0.29) is 5.54 Å². The fraction of sp³-hybridized carbons (Fsp3) is 0.478. The molecule has 0 bridgehead atoms. The van der Waals surface area contributed by atoms with Gasteiger partial charge < -0.3 is 9.64 Å². The summed E-state index contributed by atoms with van der Waals surface area (Å²) in [6, 6.07) is 8.87. The molecule has 0 saturated carbocycles. The van der Waals surface area contributed by atoms with Gasteiger partial charge in [0.15, 0.2) is 0 Å². The summed E-state index contributed by atoms with van der Waals surface area (Å²) in [6.07, 6.45) is 4.83. The summed E-state index contributed by atoms with van der Waals surface area (Å²) in [5, 5.41) is 0. The van der Waals surface area contributed by atoms with Crippen LogP contribution in [0.4, 0.5) is 11.4 Å². The largest absolute Gasteiger partial charge is 0.481 e. The Labute approximate surface area is 163 Å². The molecule has 0 radical (unpaired) electrons. The van der Waals surface area contributed by atoms with Crippen molar-refractivity contribution >= 4 is 17.6 Å². The monoisotopic (exact) mass is 365 g/mol. The van der Waals surface area contributed by atoms with Crippen LogP contribution in [0, 0.1) is 6.92 Å². The first kappa shape index (κ1) is 19.4. The maximum atomic E-state index is 5.10. The number of rotatable bonds is 4. The number of pyridine rings is 1. The van der Waals surface area contributed by atoms with Crippen LogP contribution in [-0.4, -0.2) is 29.9 Å². The number of ether oxygens (including phenoxy) is 1. The molecule has 27 heavy (non-hydrogen) atoms. The molecule has 1 aliphatic heterocycles. The van der Waals surface area contributed by atoms with E-state index in [4.69, 9.17) is 4.74 Å². The second kappa shape index (κ2) is 7.34. The van der Waals surface area contributed by atoms with Gasteiger partial charge in [0.05, 0.1) is 19.0 Å². The molecule has 2 aromatic rings. The van der Waals surface area contributed by atoms with Gasteiger partial charge in [0.1, 0.15) is 0 Å². The molecule has 1 unspecified atom stereocenters. The zero-order chi connectivity index (χ0) is 19.8. The highest BCUT2D eigenvalue weighted by atomic mass is 16.5. The number of aliphatic imine (C=N–C) groups is 1. The zero-order valence-electron chi connectivity index (χ0n) is 17.6. The van der Waals surface area contributed by atoms with Gasteiger partial charge in [-0.3, -0.25) is 4.99 Å². The van der Waals surface area contributed by atoms with Crippen LogP contribution in [0.5, 0.6) is 5.88 Å². The van der Waals surface area contributed by atoms with Crippen molar-refractivity contribution in [3.63, 3.8) is 0 Å². The van der Waals surface area contributed by atoms with Crippen molar-refractivity contribution in [2.24, 2.45) is 4.99 Å². The molecule has 2 heterocycles.